The molecule has 0 saturated heterocycles. The van der Waals surface area contributed by atoms with Gasteiger partial charge in [-0.15, -0.1) is 0 Å². The lowest BCUT2D eigenvalue weighted by atomic mass is 10.2. The molecule has 1 aromatic carbocycles. The van der Waals surface area contributed by atoms with Crippen LogP contribution in [0.5, 0.6) is 0 Å². The van der Waals surface area contributed by atoms with Gasteiger partial charge in [0.05, 0.1) is 0 Å². The van der Waals surface area contributed by atoms with Crippen LogP contribution in [0.25, 0.3) is 6.08 Å². The molecule has 0 aliphatic carbocycles. The average molecular weight is 257 g/mol. The number of anilines is 2. The fraction of sp³-hybridized carbons (Fsp3) is 0. The van der Waals surface area contributed by atoms with Crippen LogP contribution in [0.3, 0.4) is 0 Å². The number of carbonyl (C=O) groups is 1. The minimum Gasteiger partial charge on any atom is -0.399 e. The van der Waals surface area contributed by atoms with Crippen molar-refractivity contribution >= 4 is 23.5 Å². The Balaban J connectivity index is 1.99. The van der Waals surface area contributed by atoms with Gasteiger partial charge in [0, 0.05) is 11.8 Å². The number of benzene rings is 1. The number of nitrogens with one attached hydrogen (secondary N) is 1. The number of nitrogens with zero attached hydrogens (tertiary/aromatic N) is 1. The number of halogens is 1. The highest BCUT2D eigenvalue weighted by atomic mass is 19.1. The van der Waals surface area contributed by atoms with Crippen molar-refractivity contribution in [2.75, 3.05) is 11.1 Å². The molecule has 2 rings (SSSR count). The van der Waals surface area contributed by atoms with E-state index in [1.165, 1.54) is 24.3 Å². The third-order valence-electron chi connectivity index (χ3n) is 2.33. The molecule has 2 aromatic rings. The van der Waals surface area contributed by atoms with Gasteiger partial charge >= 0.3 is 0 Å². The molecule has 0 spiro atoms. The molecule has 1 amide bonds. The molecule has 0 radical (unpaired) electrons. The van der Waals surface area contributed by atoms with E-state index in [4.69, 9.17) is 5.73 Å². The van der Waals surface area contributed by atoms with Gasteiger partial charge in [-0.3, -0.25) is 4.79 Å². The van der Waals surface area contributed by atoms with E-state index in [-0.39, 0.29) is 11.7 Å². The van der Waals surface area contributed by atoms with E-state index in [9.17, 15) is 9.18 Å². The molecule has 0 aliphatic rings. The highest BCUT2D eigenvalue weighted by Gasteiger charge is 2.00. The van der Waals surface area contributed by atoms with Crippen LogP contribution >= 0.6 is 0 Å². The van der Waals surface area contributed by atoms with Gasteiger partial charge < -0.3 is 11.1 Å². The van der Waals surface area contributed by atoms with E-state index in [1.54, 1.807) is 30.3 Å². The lowest BCUT2D eigenvalue weighted by Gasteiger charge is -2.00. The van der Waals surface area contributed by atoms with Gasteiger partial charge in [0.1, 0.15) is 5.82 Å². The number of pyridine rings is 1. The van der Waals surface area contributed by atoms with Gasteiger partial charge in [0.2, 0.25) is 11.9 Å². The van der Waals surface area contributed by atoms with E-state index in [0.717, 1.165) is 5.56 Å². The second-order valence-electron chi connectivity index (χ2n) is 3.83. The van der Waals surface area contributed by atoms with Gasteiger partial charge in [0.25, 0.3) is 0 Å². The molecule has 0 aliphatic heterocycles. The maximum Gasteiger partial charge on any atom is 0.249 e. The van der Waals surface area contributed by atoms with Crippen molar-refractivity contribution in [2.24, 2.45) is 0 Å². The summed E-state index contributed by atoms with van der Waals surface area (Å²) < 4.78 is 12.8. The van der Waals surface area contributed by atoms with Gasteiger partial charge in [-0.1, -0.05) is 18.2 Å². The minimum absolute atomic E-state index is 0.173. The first-order chi connectivity index (χ1) is 9.13. The van der Waals surface area contributed by atoms with E-state index in [1.807, 2.05) is 0 Å². The first kappa shape index (κ1) is 12.8. The van der Waals surface area contributed by atoms with Crippen LogP contribution in [0.15, 0.2) is 48.5 Å². The third kappa shape index (κ3) is 3.92. The van der Waals surface area contributed by atoms with Crippen LogP contribution < -0.4 is 11.1 Å². The van der Waals surface area contributed by atoms with Crippen molar-refractivity contribution in [3.8, 4) is 0 Å². The molecule has 1 aromatic heterocycles. The zero-order chi connectivity index (χ0) is 13.7. The van der Waals surface area contributed by atoms with E-state index in [2.05, 4.69) is 10.3 Å². The smallest absolute Gasteiger partial charge is 0.249 e. The summed E-state index contributed by atoms with van der Waals surface area (Å²) >= 11 is 0. The summed E-state index contributed by atoms with van der Waals surface area (Å²) in [6, 6.07) is 11.3. The zero-order valence-electron chi connectivity index (χ0n) is 10.0. The molecule has 0 unspecified atom stereocenters. The van der Waals surface area contributed by atoms with Crippen LogP contribution in [-0.4, -0.2) is 10.9 Å². The number of hydrogen-bond donors (Lipinski definition) is 2. The van der Waals surface area contributed by atoms with Crippen molar-refractivity contribution in [1.82, 2.24) is 4.98 Å². The van der Waals surface area contributed by atoms with Crippen molar-refractivity contribution in [3.05, 3.63) is 60.1 Å². The van der Waals surface area contributed by atoms with Crippen molar-refractivity contribution in [2.45, 2.75) is 0 Å². The maximum atomic E-state index is 12.8. The van der Waals surface area contributed by atoms with Gasteiger partial charge in [0.15, 0.2) is 0 Å². The molecule has 1 heterocycles. The maximum absolute atomic E-state index is 12.8. The Morgan fingerprint density at radius 1 is 1.21 bits per heavy atom. The Labute approximate surface area is 109 Å². The van der Waals surface area contributed by atoms with Crippen LogP contribution in [0.2, 0.25) is 0 Å². The Morgan fingerprint density at radius 3 is 2.63 bits per heavy atom. The van der Waals surface area contributed by atoms with Gasteiger partial charge in [-0.05, 0) is 35.9 Å². The van der Waals surface area contributed by atoms with Gasteiger partial charge in [-0.25, -0.2) is 4.98 Å². The second-order valence-corrected chi connectivity index (χ2v) is 3.83. The molecule has 19 heavy (non-hydrogen) atoms. The number of hydrogen-bond acceptors (Lipinski definition) is 3. The topological polar surface area (TPSA) is 68.0 Å². The molecule has 4 nitrogen and oxygen atoms in total. The van der Waals surface area contributed by atoms with Crippen LogP contribution in [0.4, 0.5) is 15.9 Å². The summed E-state index contributed by atoms with van der Waals surface area (Å²) in [6.45, 7) is 0. The highest BCUT2D eigenvalue weighted by molar-refractivity contribution is 6.01. The molecule has 0 atom stereocenters. The first-order valence-corrected chi connectivity index (χ1v) is 5.61. The van der Waals surface area contributed by atoms with Crippen LogP contribution in [0.1, 0.15) is 5.56 Å². The SMILES string of the molecule is Nc1ccc(/C=C/C(=O)Nc2cccc(F)n2)cc1. The Kier molecular flexibility index (Phi) is 3.87. The normalized spacial score (nSPS) is 10.6. The number of aromatic nitrogens is 1. The fourth-order valence-electron chi connectivity index (χ4n) is 1.42. The standard InChI is InChI=1S/C14H12FN3O/c15-12-2-1-3-13(17-12)18-14(19)9-6-10-4-7-11(16)8-5-10/h1-9H,16H2,(H,17,18,19)/b9-6+. The first-order valence-electron chi connectivity index (χ1n) is 5.61. The summed E-state index contributed by atoms with van der Waals surface area (Å²) in [5.41, 5.74) is 7.05. The van der Waals surface area contributed by atoms with Crippen LogP contribution in [0, 0.1) is 5.95 Å². The number of rotatable bonds is 3. The van der Waals surface area contributed by atoms with E-state index >= 15 is 0 Å². The number of nitrogens with two attached hydrogens (primary N) is 1. The molecular formula is C14H12FN3O. The minimum atomic E-state index is -0.639. The lowest BCUT2D eigenvalue weighted by molar-refractivity contribution is -0.111. The molecule has 0 fully saturated rings. The predicted octanol–water partition coefficient (Wildman–Crippen LogP) is 2.45. The molecule has 5 heteroatoms. The Morgan fingerprint density at radius 2 is 1.95 bits per heavy atom. The average Bonchev–Trinajstić information content (AvgIpc) is 2.38. The van der Waals surface area contributed by atoms with E-state index < -0.39 is 5.95 Å². The Hall–Kier alpha value is -2.69. The van der Waals surface area contributed by atoms with E-state index in [0.29, 0.717) is 5.69 Å². The molecule has 0 bridgehead atoms. The lowest BCUT2D eigenvalue weighted by Crippen LogP contribution is -2.09. The largest absolute Gasteiger partial charge is 0.399 e. The van der Waals surface area contributed by atoms with Crippen molar-refractivity contribution < 1.29 is 9.18 Å². The highest BCUT2D eigenvalue weighted by Crippen LogP contribution is 2.08. The monoisotopic (exact) mass is 257 g/mol. The summed E-state index contributed by atoms with van der Waals surface area (Å²) in [5, 5.41) is 2.46. The molecule has 3 N–H and O–H groups in total. The van der Waals surface area contributed by atoms with Crippen molar-refractivity contribution in [3.63, 3.8) is 0 Å². The summed E-state index contributed by atoms with van der Waals surface area (Å²) in [5.74, 6) is -0.845. The van der Waals surface area contributed by atoms with Gasteiger partial charge in [-0.2, -0.15) is 4.39 Å². The summed E-state index contributed by atoms with van der Waals surface area (Å²) in [7, 11) is 0. The number of amides is 1. The Bertz CT molecular complexity index is 608. The van der Waals surface area contributed by atoms with Crippen molar-refractivity contribution in [1.29, 1.82) is 0 Å². The number of carbonyl (C=O) groups excluding carboxylic acids is 1. The summed E-state index contributed by atoms with van der Waals surface area (Å²) in [6.07, 6.45) is 2.98. The second kappa shape index (κ2) is 5.77. The molecule has 96 valence electrons. The number of nitrogen functional groups attached to an aromatic ring is 1. The predicted molar refractivity (Wildman–Crippen MR) is 72.7 cm³/mol. The summed E-state index contributed by atoms with van der Waals surface area (Å²) in [4.78, 5) is 15.1. The quantitative estimate of drug-likeness (QED) is 0.504. The zero-order valence-corrected chi connectivity index (χ0v) is 10.0. The third-order valence-corrected chi connectivity index (χ3v) is 2.33. The van der Waals surface area contributed by atoms with Crippen LogP contribution in [-0.2, 0) is 4.79 Å². The molecular weight excluding hydrogens is 245 g/mol. The molecule has 0 saturated carbocycles. The fourth-order valence-corrected chi connectivity index (χ4v) is 1.42.